The molecule has 1 atom stereocenters. The monoisotopic (exact) mass is 410 g/mol. The molecule has 0 fully saturated rings. The number of carboxylic acid groups (broad SMARTS) is 1. The maximum Gasteiger partial charge on any atom is 0.305 e. The maximum absolute atomic E-state index is 13.4. The van der Waals surface area contributed by atoms with E-state index >= 15 is 0 Å². The van der Waals surface area contributed by atoms with Crippen LogP contribution in [0.15, 0.2) is 53.0 Å². The number of hydrogen-bond acceptors (Lipinski definition) is 4. The lowest BCUT2D eigenvalue weighted by Gasteiger charge is -2.06. The largest absolute Gasteiger partial charge is 0.481 e. The summed E-state index contributed by atoms with van der Waals surface area (Å²) in [4.78, 5) is 22.9. The third kappa shape index (κ3) is 4.83. The first kappa shape index (κ1) is 21.5. The number of carboxylic acids is 1. The summed E-state index contributed by atoms with van der Waals surface area (Å²) in [6.07, 6.45) is 0.980. The standard InChI is InChI=1S/C24H23FO5/c1-14(2)24-20(11-10-17(26)12-18(27)13-22(28)29)23-19(4-3-5-21(23)30-24)15-6-8-16(25)9-7-15/h3-11,14,18,27H,12-13H2,1-2H3,(H,28,29). The van der Waals surface area contributed by atoms with E-state index < -0.39 is 18.5 Å². The first-order chi connectivity index (χ1) is 14.3. The summed E-state index contributed by atoms with van der Waals surface area (Å²) in [5.41, 5.74) is 3.05. The smallest absolute Gasteiger partial charge is 0.305 e. The molecule has 1 aromatic heterocycles. The summed E-state index contributed by atoms with van der Waals surface area (Å²) in [6, 6.07) is 11.8. The van der Waals surface area contributed by atoms with Crippen LogP contribution in [0.4, 0.5) is 4.39 Å². The van der Waals surface area contributed by atoms with Gasteiger partial charge in [-0.05, 0) is 41.5 Å². The lowest BCUT2D eigenvalue weighted by molar-refractivity contribution is -0.139. The fourth-order valence-electron chi connectivity index (χ4n) is 3.41. The highest BCUT2D eigenvalue weighted by molar-refractivity contribution is 6.03. The minimum Gasteiger partial charge on any atom is -0.481 e. The number of rotatable bonds is 8. The summed E-state index contributed by atoms with van der Waals surface area (Å²) in [5, 5.41) is 19.2. The Morgan fingerprint density at radius 3 is 2.43 bits per heavy atom. The number of aliphatic hydroxyl groups excluding tert-OH is 1. The van der Waals surface area contributed by atoms with E-state index in [1.165, 1.54) is 18.2 Å². The lowest BCUT2D eigenvalue weighted by atomic mass is 9.95. The van der Waals surface area contributed by atoms with Gasteiger partial charge in [0, 0.05) is 23.3 Å². The fraction of sp³-hybridized carbons (Fsp3) is 0.250. The molecule has 0 spiro atoms. The van der Waals surface area contributed by atoms with Gasteiger partial charge in [0.15, 0.2) is 5.78 Å². The van der Waals surface area contributed by atoms with Crippen LogP contribution in [0.1, 0.15) is 43.9 Å². The van der Waals surface area contributed by atoms with Crippen molar-refractivity contribution in [2.75, 3.05) is 0 Å². The van der Waals surface area contributed by atoms with Crippen molar-refractivity contribution >= 4 is 28.8 Å². The van der Waals surface area contributed by atoms with Crippen molar-refractivity contribution in [3.63, 3.8) is 0 Å². The molecule has 0 aliphatic heterocycles. The molecule has 156 valence electrons. The van der Waals surface area contributed by atoms with Gasteiger partial charge in [0.25, 0.3) is 0 Å². The Bertz CT molecular complexity index is 1090. The van der Waals surface area contributed by atoms with Crippen molar-refractivity contribution in [2.24, 2.45) is 0 Å². The van der Waals surface area contributed by atoms with Gasteiger partial charge in [-0.1, -0.05) is 38.1 Å². The molecule has 1 heterocycles. The minimum absolute atomic E-state index is 0.0471. The number of furan rings is 1. The maximum atomic E-state index is 13.4. The third-order valence-corrected chi connectivity index (χ3v) is 4.74. The van der Waals surface area contributed by atoms with Crippen LogP contribution in [0.2, 0.25) is 0 Å². The highest BCUT2D eigenvalue weighted by Gasteiger charge is 2.19. The molecule has 5 nitrogen and oxygen atoms in total. The highest BCUT2D eigenvalue weighted by Crippen LogP contribution is 2.38. The number of halogens is 1. The molecule has 0 saturated carbocycles. The Balaban J connectivity index is 2.04. The van der Waals surface area contributed by atoms with Gasteiger partial charge >= 0.3 is 5.97 Å². The topological polar surface area (TPSA) is 87.7 Å². The van der Waals surface area contributed by atoms with Crippen LogP contribution in [-0.4, -0.2) is 28.1 Å². The highest BCUT2D eigenvalue weighted by atomic mass is 19.1. The summed E-state index contributed by atoms with van der Waals surface area (Å²) in [5.74, 6) is -1.12. The molecule has 1 unspecified atom stereocenters. The molecule has 2 N–H and O–H groups in total. The van der Waals surface area contributed by atoms with Crippen LogP contribution in [0.5, 0.6) is 0 Å². The Kier molecular flexibility index (Phi) is 6.47. The minimum atomic E-state index is -1.24. The number of hydrogen-bond donors (Lipinski definition) is 2. The van der Waals surface area contributed by atoms with Gasteiger partial charge in [-0.2, -0.15) is 0 Å². The van der Waals surface area contributed by atoms with E-state index in [0.717, 1.165) is 22.1 Å². The van der Waals surface area contributed by atoms with Gasteiger partial charge in [-0.3, -0.25) is 9.59 Å². The molecule has 0 saturated heterocycles. The van der Waals surface area contributed by atoms with Crippen molar-refractivity contribution in [3.8, 4) is 11.1 Å². The molecule has 3 aromatic rings. The predicted molar refractivity (Wildman–Crippen MR) is 113 cm³/mol. The van der Waals surface area contributed by atoms with E-state index in [-0.39, 0.29) is 23.9 Å². The van der Waals surface area contributed by atoms with Gasteiger partial charge in [0.1, 0.15) is 17.2 Å². The first-order valence-corrected chi connectivity index (χ1v) is 9.68. The summed E-state index contributed by atoms with van der Waals surface area (Å²) >= 11 is 0. The van der Waals surface area contributed by atoms with Gasteiger partial charge in [0.2, 0.25) is 0 Å². The van der Waals surface area contributed by atoms with Crippen molar-refractivity contribution in [2.45, 2.75) is 38.7 Å². The average Bonchev–Trinajstić information content (AvgIpc) is 3.05. The molecule has 0 amide bonds. The van der Waals surface area contributed by atoms with E-state index in [4.69, 9.17) is 9.52 Å². The molecule has 0 radical (unpaired) electrons. The third-order valence-electron chi connectivity index (χ3n) is 4.74. The average molecular weight is 410 g/mol. The van der Waals surface area contributed by atoms with Gasteiger partial charge in [0.05, 0.1) is 12.5 Å². The Morgan fingerprint density at radius 2 is 1.80 bits per heavy atom. The molecule has 30 heavy (non-hydrogen) atoms. The first-order valence-electron chi connectivity index (χ1n) is 9.68. The van der Waals surface area contributed by atoms with Crippen molar-refractivity contribution in [3.05, 3.63) is 65.7 Å². The molecular formula is C24H23FO5. The summed E-state index contributed by atoms with van der Waals surface area (Å²) in [7, 11) is 0. The van der Waals surface area contributed by atoms with Crippen LogP contribution < -0.4 is 0 Å². The Labute approximate surface area is 173 Å². The fourth-order valence-corrected chi connectivity index (χ4v) is 3.41. The Hall–Kier alpha value is -3.25. The lowest BCUT2D eigenvalue weighted by Crippen LogP contribution is -2.16. The Morgan fingerprint density at radius 1 is 1.10 bits per heavy atom. The normalized spacial score (nSPS) is 12.7. The van der Waals surface area contributed by atoms with E-state index in [2.05, 4.69) is 0 Å². The zero-order valence-electron chi connectivity index (χ0n) is 16.8. The number of aliphatic carboxylic acids is 1. The van der Waals surface area contributed by atoms with Crippen LogP contribution in [0.3, 0.4) is 0 Å². The van der Waals surface area contributed by atoms with E-state index in [9.17, 15) is 19.1 Å². The zero-order chi connectivity index (χ0) is 21.8. The molecule has 0 bridgehead atoms. The van der Waals surface area contributed by atoms with Crippen molar-refractivity contribution in [1.29, 1.82) is 0 Å². The van der Waals surface area contributed by atoms with Crippen molar-refractivity contribution in [1.82, 2.24) is 0 Å². The molecule has 0 aliphatic carbocycles. The second-order valence-electron chi connectivity index (χ2n) is 7.48. The van der Waals surface area contributed by atoms with Crippen LogP contribution >= 0.6 is 0 Å². The van der Waals surface area contributed by atoms with Gasteiger partial charge in [-0.15, -0.1) is 0 Å². The summed E-state index contributed by atoms with van der Waals surface area (Å²) < 4.78 is 19.4. The number of fused-ring (bicyclic) bond motifs is 1. The number of carbonyl (C=O) groups excluding carboxylic acids is 1. The number of benzene rings is 2. The van der Waals surface area contributed by atoms with Crippen LogP contribution in [0.25, 0.3) is 28.2 Å². The van der Waals surface area contributed by atoms with Gasteiger partial charge < -0.3 is 14.6 Å². The van der Waals surface area contributed by atoms with Gasteiger partial charge in [-0.25, -0.2) is 4.39 Å². The SMILES string of the molecule is CC(C)c1oc2cccc(-c3ccc(F)cc3)c2c1C=CC(=O)CC(O)CC(=O)O. The van der Waals surface area contributed by atoms with Crippen LogP contribution in [0, 0.1) is 5.82 Å². The van der Waals surface area contributed by atoms with E-state index in [1.54, 1.807) is 18.2 Å². The van der Waals surface area contributed by atoms with Crippen molar-refractivity contribution < 1.29 is 28.6 Å². The van der Waals surface area contributed by atoms with E-state index in [1.807, 2.05) is 32.0 Å². The molecule has 6 heteroatoms. The number of aliphatic hydroxyl groups is 1. The number of allylic oxidation sites excluding steroid dienone is 1. The second kappa shape index (κ2) is 9.05. The van der Waals surface area contributed by atoms with E-state index in [0.29, 0.717) is 11.3 Å². The quantitative estimate of drug-likeness (QED) is 0.500. The number of carbonyl (C=O) groups is 2. The zero-order valence-corrected chi connectivity index (χ0v) is 16.8. The summed E-state index contributed by atoms with van der Waals surface area (Å²) in [6.45, 7) is 3.95. The molecule has 2 aromatic carbocycles. The van der Waals surface area contributed by atoms with Crippen LogP contribution in [-0.2, 0) is 9.59 Å². The molecular weight excluding hydrogens is 387 g/mol. The number of ketones is 1. The second-order valence-corrected chi connectivity index (χ2v) is 7.48. The molecule has 3 rings (SSSR count). The predicted octanol–water partition coefficient (Wildman–Crippen LogP) is 5.17. The molecule has 0 aliphatic rings.